The number of pyridine rings is 1. The zero-order valence-electron chi connectivity index (χ0n) is 36.1. The number of benzene rings is 3. The molecule has 4 aromatic rings. The molecule has 1 fully saturated rings. The Labute approximate surface area is 358 Å². The highest BCUT2D eigenvalue weighted by Crippen LogP contribution is 2.23. The largest absolute Gasteiger partial charge is 0.378 e. The van der Waals surface area contributed by atoms with Gasteiger partial charge in [0.05, 0.1) is 42.3 Å². The van der Waals surface area contributed by atoms with E-state index in [1.54, 1.807) is 54.2 Å². The van der Waals surface area contributed by atoms with Gasteiger partial charge in [-0.25, -0.2) is 4.39 Å². The number of hydrogen-bond acceptors (Lipinski definition) is 10. The molecule has 15 heteroatoms. The predicted octanol–water partition coefficient (Wildman–Crippen LogP) is 4.45. The molecule has 1 saturated heterocycles. The number of hydrazone groups is 1. The van der Waals surface area contributed by atoms with Crippen molar-refractivity contribution >= 4 is 36.1 Å². The molecule has 5 rings (SSSR count). The van der Waals surface area contributed by atoms with Gasteiger partial charge in [-0.1, -0.05) is 75.4 Å². The van der Waals surface area contributed by atoms with Crippen molar-refractivity contribution in [2.45, 2.75) is 40.5 Å². The lowest BCUT2D eigenvalue weighted by molar-refractivity contribution is -0.131. The Morgan fingerprint density at radius 3 is 2.25 bits per heavy atom. The number of piperazine rings is 1. The van der Waals surface area contributed by atoms with Crippen LogP contribution in [0.3, 0.4) is 0 Å². The number of nitrogens with one attached hydrogen (secondary N) is 4. The molecular weight excluding hydrogens is 780 g/mol. The summed E-state index contributed by atoms with van der Waals surface area (Å²) in [5.74, 6) is -1.25. The SMILES string of the molecule is CC.CCc1cccc(-c2cnc(C)c(C(=O)NC)c2)c1.CN/N=C(/Cc1ccc(F)c(C(=O)N2CCN(C(=O)CNCCOCCNC=O)CC2)c1)c1ccccc1C=O. The average molecular weight is 839 g/mol. The maximum atomic E-state index is 14.8. The zero-order chi connectivity index (χ0) is 44.6. The molecule has 2 heterocycles. The number of carbonyl (C=O) groups excluding carboxylic acids is 5. The Balaban J connectivity index is 0.000000393. The molecule has 0 spiro atoms. The van der Waals surface area contributed by atoms with E-state index < -0.39 is 11.7 Å². The molecule has 14 nitrogen and oxygen atoms in total. The lowest BCUT2D eigenvalue weighted by Gasteiger charge is -2.35. The zero-order valence-corrected chi connectivity index (χ0v) is 36.1. The molecule has 4 N–H and O–H groups in total. The fraction of sp³-hybridized carbons (Fsp3) is 0.370. The molecule has 0 saturated carbocycles. The van der Waals surface area contributed by atoms with Crippen LogP contribution in [0.1, 0.15) is 74.2 Å². The Morgan fingerprint density at radius 1 is 0.836 bits per heavy atom. The van der Waals surface area contributed by atoms with Crippen molar-refractivity contribution in [1.29, 1.82) is 0 Å². The van der Waals surface area contributed by atoms with Crippen molar-refractivity contribution in [2.24, 2.45) is 5.10 Å². The minimum Gasteiger partial charge on any atom is -0.378 e. The quantitative estimate of drug-likeness (QED) is 0.0489. The first-order valence-electron chi connectivity index (χ1n) is 20.5. The molecular formula is C46H59FN8O6. The molecule has 1 aliphatic heterocycles. The van der Waals surface area contributed by atoms with E-state index in [1.165, 1.54) is 17.7 Å². The van der Waals surface area contributed by atoms with Crippen LogP contribution in [-0.2, 0) is 27.2 Å². The number of ether oxygens (including phenoxy) is 1. The molecule has 0 bridgehead atoms. The molecule has 1 aliphatic rings. The molecule has 61 heavy (non-hydrogen) atoms. The lowest BCUT2D eigenvalue weighted by atomic mass is 9.97. The maximum absolute atomic E-state index is 14.8. The topological polar surface area (TPSA) is 174 Å². The van der Waals surface area contributed by atoms with E-state index in [0.717, 1.165) is 29.5 Å². The van der Waals surface area contributed by atoms with Crippen molar-refractivity contribution < 1.29 is 33.1 Å². The first kappa shape index (κ1) is 49.0. The van der Waals surface area contributed by atoms with E-state index in [9.17, 15) is 28.4 Å². The molecule has 3 aromatic carbocycles. The van der Waals surface area contributed by atoms with Crippen LogP contribution >= 0.6 is 0 Å². The first-order chi connectivity index (χ1) is 29.6. The van der Waals surface area contributed by atoms with E-state index in [0.29, 0.717) is 86.9 Å². The Kier molecular flexibility index (Phi) is 21.5. The summed E-state index contributed by atoms with van der Waals surface area (Å²) in [4.78, 5) is 66.7. The van der Waals surface area contributed by atoms with Crippen molar-refractivity contribution in [3.05, 3.63) is 124 Å². The van der Waals surface area contributed by atoms with Crippen LogP contribution in [0.15, 0.2) is 84.1 Å². The van der Waals surface area contributed by atoms with Gasteiger partial charge in [0.15, 0.2) is 6.29 Å². The van der Waals surface area contributed by atoms with Crippen LogP contribution in [-0.4, -0.2) is 124 Å². The molecule has 0 unspecified atom stereocenters. The highest BCUT2D eigenvalue weighted by Gasteiger charge is 2.26. The smallest absolute Gasteiger partial charge is 0.256 e. The number of aldehydes is 1. The minimum absolute atomic E-state index is 0.0465. The van der Waals surface area contributed by atoms with Crippen molar-refractivity contribution in [1.82, 2.24) is 36.2 Å². The van der Waals surface area contributed by atoms with Crippen LogP contribution in [0.5, 0.6) is 0 Å². The fourth-order valence-electron chi connectivity index (χ4n) is 6.33. The summed E-state index contributed by atoms with van der Waals surface area (Å²) in [5, 5.41) is 12.5. The van der Waals surface area contributed by atoms with E-state index in [4.69, 9.17) is 4.74 Å². The van der Waals surface area contributed by atoms with Crippen LogP contribution < -0.4 is 21.4 Å². The summed E-state index contributed by atoms with van der Waals surface area (Å²) in [6.45, 7) is 11.1. The van der Waals surface area contributed by atoms with E-state index >= 15 is 0 Å². The minimum atomic E-state index is -0.624. The summed E-state index contributed by atoms with van der Waals surface area (Å²) >= 11 is 0. The van der Waals surface area contributed by atoms with E-state index in [2.05, 4.69) is 50.5 Å². The summed E-state index contributed by atoms with van der Waals surface area (Å²) in [5.41, 5.74) is 9.80. The average Bonchev–Trinajstić information content (AvgIpc) is 3.30. The maximum Gasteiger partial charge on any atom is 0.256 e. The number of halogens is 1. The van der Waals surface area contributed by atoms with Crippen LogP contribution in [0.2, 0.25) is 0 Å². The molecule has 0 aliphatic carbocycles. The highest BCUT2D eigenvalue weighted by molar-refractivity contribution is 6.07. The number of aryl methyl sites for hydroxylation is 2. The number of rotatable bonds is 18. The second-order valence-corrected chi connectivity index (χ2v) is 13.5. The van der Waals surface area contributed by atoms with Gasteiger partial charge in [0.2, 0.25) is 12.3 Å². The number of hydrogen-bond donors (Lipinski definition) is 4. The van der Waals surface area contributed by atoms with Gasteiger partial charge in [0, 0.05) is 82.7 Å². The number of aromatic nitrogens is 1. The van der Waals surface area contributed by atoms with E-state index in [-0.39, 0.29) is 30.3 Å². The third-order valence-corrected chi connectivity index (χ3v) is 9.60. The summed E-state index contributed by atoms with van der Waals surface area (Å²) in [7, 11) is 3.28. The van der Waals surface area contributed by atoms with Crippen LogP contribution in [0, 0.1) is 12.7 Å². The van der Waals surface area contributed by atoms with Gasteiger partial charge in [-0.05, 0) is 48.2 Å². The van der Waals surface area contributed by atoms with Gasteiger partial charge in [0.1, 0.15) is 5.82 Å². The van der Waals surface area contributed by atoms with Crippen LogP contribution in [0.25, 0.3) is 11.1 Å². The first-order valence-corrected chi connectivity index (χ1v) is 20.5. The molecule has 1 aromatic heterocycles. The molecule has 326 valence electrons. The Bertz CT molecular complexity index is 2090. The standard InChI is InChI=1S/C28H35FN6O5.C16H18N2O.C2H6/c1-30-33-26(23-5-3-2-4-22(23)19-36)17-21-6-7-25(29)24(16-21)28(39)35-12-10-34(11-13-35)27(38)18-31-8-14-40-15-9-32-20-37;1-4-12-6-5-7-13(8-12)14-9-15(16(19)17-3)11(2)18-10-14;1-2/h2-7,16,19-20,30-31H,8-15,17-18H2,1H3,(H,32,37);5-10H,4H2,1-3H3,(H,17,19);1-2H3/b33-26-;;. The third-order valence-electron chi connectivity index (χ3n) is 9.60. The lowest BCUT2D eigenvalue weighted by Crippen LogP contribution is -2.52. The summed E-state index contributed by atoms with van der Waals surface area (Å²) in [6.07, 6.45) is 4.46. The number of amides is 4. The molecule has 0 radical (unpaired) electrons. The van der Waals surface area contributed by atoms with Gasteiger partial charge in [0.25, 0.3) is 11.8 Å². The van der Waals surface area contributed by atoms with Crippen molar-refractivity contribution in [3.63, 3.8) is 0 Å². The van der Waals surface area contributed by atoms with Gasteiger partial charge >= 0.3 is 0 Å². The monoisotopic (exact) mass is 838 g/mol. The fourth-order valence-corrected chi connectivity index (χ4v) is 6.33. The number of carbonyl (C=O) groups is 5. The Hall–Kier alpha value is -6.32. The van der Waals surface area contributed by atoms with Gasteiger partial charge in [-0.15, -0.1) is 0 Å². The third kappa shape index (κ3) is 15.0. The van der Waals surface area contributed by atoms with Crippen LogP contribution in [0.4, 0.5) is 4.39 Å². The summed E-state index contributed by atoms with van der Waals surface area (Å²) < 4.78 is 20.1. The summed E-state index contributed by atoms with van der Waals surface area (Å²) in [6, 6.07) is 21.6. The highest BCUT2D eigenvalue weighted by atomic mass is 19.1. The Morgan fingerprint density at radius 2 is 1.56 bits per heavy atom. The second kappa shape index (κ2) is 26.7. The molecule has 0 atom stereocenters. The van der Waals surface area contributed by atoms with Crippen molar-refractivity contribution in [3.8, 4) is 11.1 Å². The van der Waals surface area contributed by atoms with E-state index in [1.807, 2.05) is 45.2 Å². The second-order valence-electron chi connectivity index (χ2n) is 13.5. The normalized spacial score (nSPS) is 12.2. The number of nitrogens with zero attached hydrogens (tertiary/aromatic N) is 4. The molecule has 4 amide bonds. The van der Waals surface area contributed by atoms with Gasteiger partial charge in [-0.3, -0.25) is 29.0 Å². The predicted molar refractivity (Wildman–Crippen MR) is 236 cm³/mol. The van der Waals surface area contributed by atoms with Gasteiger partial charge in [-0.2, -0.15) is 5.10 Å². The van der Waals surface area contributed by atoms with Gasteiger partial charge < -0.3 is 35.9 Å². The van der Waals surface area contributed by atoms with Crippen molar-refractivity contribution in [2.75, 3.05) is 73.1 Å².